The van der Waals surface area contributed by atoms with Gasteiger partial charge in [0.1, 0.15) is 5.54 Å². The van der Waals surface area contributed by atoms with Gasteiger partial charge in [-0.2, -0.15) is 10.1 Å². The van der Waals surface area contributed by atoms with Crippen LogP contribution in [0.4, 0.5) is 0 Å². The zero-order valence-corrected chi connectivity index (χ0v) is 8.33. The highest BCUT2D eigenvalue weighted by Crippen LogP contribution is 2.22. The molecule has 0 fully saturated rings. The van der Waals surface area contributed by atoms with Gasteiger partial charge in [-0.15, -0.1) is 0 Å². The summed E-state index contributed by atoms with van der Waals surface area (Å²) in [4.78, 5) is 13.9. The van der Waals surface area contributed by atoms with Crippen molar-refractivity contribution in [2.24, 2.45) is 12.0 Å². The van der Waals surface area contributed by atoms with E-state index in [1.807, 2.05) is 33.9 Å². The van der Waals surface area contributed by atoms with E-state index in [2.05, 4.69) is 10.1 Å². The molecule has 0 atom stereocenters. The second-order valence-corrected chi connectivity index (χ2v) is 3.56. The lowest BCUT2D eigenvalue weighted by atomic mass is 10.0. The Bertz CT molecular complexity index is 339. The molecule has 4 heteroatoms. The van der Waals surface area contributed by atoms with E-state index >= 15 is 0 Å². The lowest BCUT2D eigenvalue weighted by Gasteiger charge is -2.12. The first-order valence-corrected chi connectivity index (χ1v) is 4.07. The predicted octanol–water partition coefficient (Wildman–Crippen LogP) is 1.30. The topological polar surface area (TPSA) is 47.2 Å². The number of hydrogen-bond donors (Lipinski definition) is 0. The second kappa shape index (κ2) is 3.15. The van der Waals surface area contributed by atoms with Crippen molar-refractivity contribution < 1.29 is 4.79 Å². The molecular formula is C9H13N3O. The van der Waals surface area contributed by atoms with E-state index < -0.39 is 5.54 Å². The molecule has 0 unspecified atom stereocenters. The molecule has 0 aliphatic carbocycles. The molecule has 1 rings (SSSR count). The van der Waals surface area contributed by atoms with Crippen molar-refractivity contribution in [3.05, 3.63) is 17.5 Å². The van der Waals surface area contributed by atoms with Crippen LogP contribution in [-0.4, -0.2) is 15.9 Å². The Balaban J connectivity index is 3.14. The Morgan fingerprint density at radius 1 is 1.62 bits per heavy atom. The zero-order valence-electron chi connectivity index (χ0n) is 8.33. The molecule has 4 nitrogen and oxygen atoms in total. The molecule has 1 aromatic rings. The van der Waals surface area contributed by atoms with Gasteiger partial charge >= 0.3 is 0 Å². The molecular weight excluding hydrogens is 166 g/mol. The van der Waals surface area contributed by atoms with E-state index in [1.54, 1.807) is 10.8 Å². The number of aryl methyl sites for hydroxylation is 2. The van der Waals surface area contributed by atoms with Crippen molar-refractivity contribution in [1.82, 2.24) is 9.78 Å². The molecule has 0 radical (unpaired) electrons. The minimum Gasteiger partial charge on any atom is -0.273 e. The van der Waals surface area contributed by atoms with Gasteiger partial charge in [0.25, 0.3) is 0 Å². The van der Waals surface area contributed by atoms with Crippen LogP contribution in [0.3, 0.4) is 0 Å². The van der Waals surface area contributed by atoms with E-state index in [-0.39, 0.29) is 0 Å². The smallest absolute Gasteiger partial charge is 0.235 e. The number of carbonyl (C=O) groups excluding carboxylic acids is 1. The van der Waals surface area contributed by atoms with E-state index in [9.17, 15) is 4.79 Å². The largest absolute Gasteiger partial charge is 0.273 e. The van der Waals surface area contributed by atoms with Gasteiger partial charge in [-0.25, -0.2) is 4.79 Å². The van der Waals surface area contributed by atoms with Crippen LogP contribution in [0, 0.1) is 6.92 Å². The minimum absolute atomic E-state index is 0.576. The molecule has 0 spiro atoms. The van der Waals surface area contributed by atoms with Gasteiger partial charge < -0.3 is 0 Å². The van der Waals surface area contributed by atoms with E-state index in [1.165, 1.54) is 0 Å². The summed E-state index contributed by atoms with van der Waals surface area (Å²) in [7, 11) is 1.86. The summed E-state index contributed by atoms with van der Waals surface area (Å²) < 4.78 is 1.76. The maximum Gasteiger partial charge on any atom is 0.235 e. The first-order chi connectivity index (χ1) is 5.97. The number of aromatic nitrogens is 2. The Kier molecular flexibility index (Phi) is 2.34. The molecule has 0 N–H and O–H groups in total. The number of hydrogen-bond acceptors (Lipinski definition) is 3. The summed E-state index contributed by atoms with van der Waals surface area (Å²) in [6.45, 7) is 5.62. The normalized spacial score (nSPS) is 11.1. The predicted molar refractivity (Wildman–Crippen MR) is 49.1 cm³/mol. The van der Waals surface area contributed by atoms with Crippen LogP contribution in [0.1, 0.15) is 25.2 Å². The van der Waals surface area contributed by atoms with Crippen LogP contribution in [-0.2, 0) is 17.4 Å². The van der Waals surface area contributed by atoms with Crippen LogP contribution in [0.15, 0.2) is 11.1 Å². The average Bonchev–Trinajstić information content (AvgIpc) is 2.33. The maximum absolute atomic E-state index is 10.2. The monoisotopic (exact) mass is 179 g/mol. The fourth-order valence-electron chi connectivity index (χ4n) is 1.03. The summed E-state index contributed by atoms with van der Waals surface area (Å²) in [5, 5.41) is 4.24. The van der Waals surface area contributed by atoms with Crippen molar-refractivity contribution in [2.75, 3.05) is 0 Å². The summed E-state index contributed by atoms with van der Waals surface area (Å²) in [6.07, 6.45) is 1.56. The number of aliphatic imine (C=N–C) groups is 1. The third kappa shape index (κ3) is 1.84. The van der Waals surface area contributed by atoms with Crippen LogP contribution >= 0.6 is 0 Å². The standard InChI is InChI=1S/C9H13N3O/c1-7-5-8(11-12(7)4)9(2,3)10-6-13/h5H,1-4H3. The van der Waals surface area contributed by atoms with Crippen molar-refractivity contribution in [3.63, 3.8) is 0 Å². The molecule has 0 saturated carbocycles. The Labute approximate surface area is 77.3 Å². The summed E-state index contributed by atoms with van der Waals surface area (Å²) in [5.74, 6) is 0. The molecule has 1 aromatic heterocycles. The van der Waals surface area contributed by atoms with Crippen molar-refractivity contribution in [2.45, 2.75) is 26.3 Å². The fraction of sp³-hybridized carbons (Fsp3) is 0.556. The maximum atomic E-state index is 10.2. The average molecular weight is 179 g/mol. The Hall–Kier alpha value is -1.41. The highest BCUT2D eigenvalue weighted by Gasteiger charge is 2.22. The van der Waals surface area contributed by atoms with Crippen LogP contribution in [0.5, 0.6) is 0 Å². The van der Waals surface area contributed by atoms with E-state index in [0.29, 0.717) is 0 Å². The number of nitrogens with zero attached hydrogens (tertiary/aromatic N) is 3. The van der Waals surface area contributed by atoms with Crippen LogP contribution in [0.25, 0.3) is 0 Å². The number of isocyanates is 1. The quantitative estimate of drug-likeness (QED) is 0.507. The van der Waals surface area contributed by atoms with Gasteiger partial charge in [-0.05, 0) is 26.8 Å². The summed E-state index contributed by atoms with van der Waals surface area (Å²) >= 11 is 0. The third-order valence-corrected chi connectivity index (χ3v) is 2.07. The molecule has 1 heterocycles. The van der Waals surface area contributed by atoms with Crippen LogP contribution in [0.2, 0.25) is 0 Å². The first kappa shape index (κ1) is 9.68. The number of rotatable bonds is 2. The molecule has 0 bridgehead atoms. The van der Waals surface area contributed by atoms with E-state index in [4.69, 9.17) is 0 Å². The first-order valence-electron chi connectivity index (χ1n) is 4.07. The highest BCUT2D eigenvalue weighted by molar-refractivity contribution is 5.36. The van der Waals surface area contributed by atoms with Crippen molar-refractivity contribution in [1.29, 1.82) is 0 Å². The molecule has 13 heavy (non-hydrogen) atoms. The molecule has 0 aliphatic heterocycles. The van der Waals surface area contributed by atoms with Crippen molar-refractivity contribution >= 4 is 6.08 Å². The van der Waals surface area contributed by atoms with Gasteiger partial charge in [0.05, 0.1) is 5.69 Å². The van der Waals surface area contributed by atoms with Gasteiger partial charge in [-0.1, -0.05) is 0 Å². The van der Waals surface area contributed by atoms with Gasteiger partial charge in [0.15, 0.2) is 0 Å². The lowest BCUT2D eigenvalue weighted by molar-refractivity contribution is 0.505. The Morgan fingerprint density at radius 2 is 2.23 bits per heavy atom. The van der Waals surface area contributed by atoms with Gasteiger partial charge in [0.2, 0.25) is 6.08 Å². The lowest BCUT2D eigenvalue weighted by Crippen LogP contribution is -2.14. The van der Waals surface area contributed by atoms with Gasteiger partial charge in [0, 0.05) is 12.7 Å². The summed E-state index contributed by atoms with van der Waals surface area (Å²) in [5.41, 5.74) is 1.26. The third-order valence-electron chi connectivity index (χ3n) is 2.07. The second-order valence-electron chi connectivity index (χ2n) is 3.56. The highest BCUT2D eigenvalue weighted by atomic mass is 16.1. The molecule has 0 aliphatic rings. The zero-order chi connectivity index (χ0) is 10.1. The molecule has 0 amide bonds. The molecule has 0 aromatic carbocycles. The van der Waals surface area contributed by atoms with E-state index in [0.717, 1.165) is 11.4 Å². The fourth-order valence-corrected chi connectivity index (χ4v) is 1.03. The summed E-state index contributed by atoms with van der Waals surface area (Å²) in [6, 6.07) is 1.92. The molecule has 0 saturated heterocycles. The van der Waals surface area contributed by atoms with Gasteiger partial charge in [-0.3, -0.25) is 4.68 Å². The SMILES string of the molecule is Cc1cc(C(C)(C)N=C=O)nn1C. The minimum atomic E-state index is -0.576. The molecule has 70 valence electrons. The van der Waals surface area contributed by atoms with Crippen LogP contribution < -0.4 is 0 Å². The Morgan fingerprint density at radius 3 is 2.62 bits per heavy atom. The van der Waals surface area contributed by atoms with Crippen molar-refractivity contribution in [3.8, 4) is 0 Å².